The molecule has 2 aliphatic rings. The van der Waals surface area contributed by atoms with Gasteiger partial charge in [-0.25, -0.2) is 0 Å². The van der Waals surface area contributed by atoms with E-state index < -0.39 is 0 Å². The monoisotopic (exact) mass is 238 g/mol. The summed E-state index contributed by atoms with van der Waals surface area (Å²) >= 11 is 0. The van der Waals surface area contributed by atoms with Crippen LogP contribution < -0.4 is 0 Å². The van der Waals surface area contributed by atoms with Crippen molar-refractivity contribution < 1.29 is 9.53 Å². The lowest BCUT2D eigenvalue weighted by Gasteiger charge is -2.44. The van der Waals surface area contributed by atoms with E-state index in [9.17, 15) is 4.79 Å². The zero-order valence-corrected chi connectivity index (χ0v) is 11.5. The summed E-state index contributed by atoms with van der Waals surface area (Å²) in [6.07, 6.45) is 5.48. The van der Waals surface area contributed by atoms with Crippen LogP contribution in [0.3, 0.4) is 0 Å². The molecule has 2 nitrogen and oxygen atoms in total. The van der Waals surface area contributed by atoms with Crippen molar-refractivity contribution in [1.82, 2.24) is 0 Å². The smallest absolute Gasteiger partial charge is 0.136 e. The van der Waals surface area contributed by atoms with Crippen molar-refractivity contribution >= 4 is 5.78 Å². The summed E-state index contributed by atoms with van der Waals surface area (Å²) in [5.41, 5.74) is 0.123. The maximum absolute atomic E-state index is 12.3. The number of ketones is 1. The van der Waals surface area contributed by atoms with Gasteiger partial charge in [-0.05, 0) is 42.9 Å². The minimum Gasteiger partial charge on any atom is -0.381 e. The zero-order chi connectivity index (χ0) is 12.5. The molecule has 0 spiro atoms. The lowest BCUT2D eigenvalue weighted by Crippen LogP contribution is -2.43. The Morgan fingerprint density at radius 2 is 2.00 bits per heavy atom. The first kappa shape index (κ1) is 13.1. The highest BCUT2D eigenvalue weighted by Gasteiger charge is 2.43. The standard InChI is InChI=1S/C15H26O2/c1-11-6-7-13(14(16)9-11)15(2,3)12-5-4-8-17-10-12/h11-13H,4-10H2,1-3H3. The van der Waals surface area contributed by atoms with E-state index in [1.165, 1.54) is 12.8 Å². The topological polar surface area (TPSA) is 26.3 Å². The number of ether oxygens (including phenoxy) is 1. The Balaban J connectivity index is 2.05. The molecule has 1 saturated carbocycles. The Bertz CT molecular complexity index is 277. The second kappa shape index (κ2) is 5.09. The average molecular weight is 238 g/mol. The Kier molecular flexibility index (Phi) is 3.92. The van der Waals surface area contributed by atoms with Gasteiger partial charge in [0, 0.05) is 25.6 Å². The maximum Gasteiger partial charge on any atom is 0.136 e. The van der Waals surface area contributed by atoms with Gasteiger partial charge < -0.3 is 4.74 Å². The predicted octanol–water partition coefficient (Wildman–Crippen LogP) is 3.44. The van der Waals surface area contributed by atoms with E-state index >= 15 is 0 Å². The van der Waals surface area contributed by atoms with Gasteiger partial charge in [0.1, 0.15) is 5.78 Å². The molecule has 0 bridgehead atoms. The molecule has 17 heavy (non-hydrogen) atoms. The van der Waals surface area contributed by atoms with Crippen molar-refractivity contribution in [2.24, 2.45) is 23.2 Å². The van der Waals surface area contributed by atoms with Crippen molar-refractivity contribution in [2.75, 3.05) is 13.2 Å². The van der Waals surface area contributed by atoms with Crippen molar-refractivity contribution in [2.45, 2.75) is 52.9 Å². The molecular formula is C15H26O2. The van der Waals surface area contributed by atoms with E-state index in [1.54, 1.807) is 0 Å². The summed E-state index contributed by atoms with van der Waals surface area (Å²) < 4.78 is 5.60. The lowest BCUT2D eigenvalue weighted by molar-refractivity contribution is -0.133. The van der Waals surface area contributed by atoms with Crippen molar-refractivity contribution in [3.05, 3.63) is 0 Å². The minimum absolute atomic E-state index is 0.123. The molecule has 0 radical (unpaired) electrons. The summed E-state index contributed by atoms with van der Waals surface area (Å²) in [5, 5.41) is 0. The molecule has 1 saturated heterocycles. The molecule has 0 aromatic carbocycles. The number of Topliss-reactive ketones (excluding diaryl/α,β-unsaturated/α-hetero) is 1. The molecular weight excluding hydrogens is 212 g/mol. The van der Waals surface area contributed by atoms with Gasteiger partial charge in [0.25, 0.3) is 0 Å². The quantitative estimate of drug-likeness (QED) is 0.736. The van der Waals surface area contributed by atoms with Gasteiger partial charge >= 0.3 is 0 Å². The van der Waals surface area contributed by atoms with Crippen LogP contribution in [0.25, 0.3) is 0 Å². The van der Waals surface area contributed by atoms with Crippen LogP contribution in [-0.4, -0.2) is 19.0 Å². The molecule has 1 heterocycles. The van der Waals surface area contributed by atoms with Crippen LogP contribution in [0.5, 0.6) is 0 Å². The lowest BCUT2D eigenvalue weighted by atomic mass is 9.61. The second-order valence-electron chi connectivity index (χ2n) is 6.64. The average Bonchev–Trinajstić information content (AvgIpc) is 2.29. The predicted molar refractivity (Wildman–Crippen MR) is 68.8 cm³/mol. The van der Waals surface area contributed by atoms with Gasteiger partial charge in [0.2, 0.25) is 0 Å². The molecule has 0 amide bonds. The van der Waals surface area contributed by atoms with E-state index in [2.05, 4.69) is 20.8 Å². The fraction of sp³-hybridized carbons (Fsp3) is 0.933. The van der Waals surface area contributed by atoms with Crippen LogP contribution in [0, 0.1) is 23.2 Å². The van der Waals surface area contributed by atoms with E-state index in [4.69, 9.17) is 4.74 Å². The largest absolute Gasteiger partial charge is 0.381 e. The highest BCUT2D eigenvalue weighted by atomic mass is 16.5. The summed E-state index contributed by atoms with van der Waals surface area (Å²) in [6.45, 7) is 8.52. The van der Waals surface area contributed by atoms with E-state index in [1.807, 2.05) is 0 Å². The molecule has 3 unspecified atom stereocenters. The molecule has 1 aliphatic carbocycles. The van der Waals surface area contributed by atoms with Crippen LogP contribution in [0.4, 0.5) is 0 Å². The molecule has 0 N–H and O–H groups in total. The molecule has 0 aromatic rings. The number of hydrogen-bond acceptors (Lipinski definition) is 2. The number of carbonyl (C=O) groups excluding carboxylic acids is 1. The molecule has 1 aliphatic heterocycles. The zero-order valence-electron chi connectivity index (χ0n) is 11.5. The SMILES string of the molecule is CC1CCC(C(C)(C)C2CCCOC2)C(=O)C1. The van der Waals surface area contributed by atoms with Crippen LogP contribution in [0.15, 0.2) is 0 Å². The van der Waals surface area contributed by atoms with Crippen LogP contribution in [-0.2, 0) is 9.53 Å². The molecule has 98 valence electrons. The summed E-state index contributed by atoms with van der Waals surface area (Å²) in [7, 11) is 0. The Morgan fingerprint density at radius 1 is 1.24 bits per heavy atom. The maximum atomic E-state index is 12.3. The summed E-state index contributed by atoms with van der Waals surface area (Å²) in [6, 6.07) is 0. The highest BCUT2D eigenvalue weighted by Crippen LogP contribution is 2.45. The molecule has 3 atom stereocenters. The highest BCUT2D eigenvalue weighted by molar-refractivity contribution is 5.82. The first-order chi connectivity index (χ1) is 8.01. The molecule has 2 rings (SSSR count). The number of hydrogen-bond donors (Lipinski definition) is 0. The van der Waals surface area contributed by atoms with Crippen LogP contribution in [0.2, 0.25) is 0 Å². The van der Waals surface area contributed by atoms with Gasteiger partial charge in [-0.15, -0.1) is 0 Å². The fourth-order valence-electron chi connectivity index (χ4n) is 3.60. The van der Waals surface area contributed by atoms with E-state index in [0.717, 1.165) is 32.5 Å². The van der Waals surface area contributed by atoms with Gasteiger partial charge in [-0.2, -0.15) is 0 Å². The van der Waals surface area contributed by atoms with E-state index in [-0.39, 0.29) is 11.3 Å². The third-order valence-electron chi connectivity index (χ3n) is 5.00. The fourth-order valence-corrected chi connectivity index (χ4v) is 3.60. The number of rotatable bonds is 2. The molecule has 2 heteroatoms. The Morgan fingerprint density at radius 3 is 2.59 bits per heavy atom. The van der Waals surface area contributed by atoms with Gasteiger partial charge in [-0.1, -0.05) is 20.8 Å². The van der Waals surface area contributed by atoms with Gasteiger partial charge in [0.15, 0.2) is 0 Å². The normalized spacial score (nSPS) is 35.9. The Hall–Kier alpha value is -0.370. The molecule has 2 fully saturated rings. The van der Waals surface area contributed by atoms with E-state index in [0.29, 0.717) is 17.6 Å². The molecule has 0 aromatic heterocycles. The van der Waals surface area contributed by atoms with Crippen LogP contribution >= 0.6 is 0 Å². The summed E-state index contributed by atoms with van der Waals surface area (Å²) in [4.78, 5) is 12.3. The van der Waals surface area contributed by atoms with Crippen molar-refractivity contribution in [3.63, 3.8) is 0 Å². The second-order valence-corrected chi connectivity index (χ2v) is 6.64. The van der Waals surface area contributed by atoms with Crippen molar-refractivity contribution in [3.8, 4) is 0 Å². The third-order valence-corrected chi connectivity index (χ3v) is 5.00. The first-order valence-corrected chi connectivity index (χ1v) is 7.12. The van der Waals surface area contributed by atoms with Gasteiger partial charge in [0.05, 0.1) is 0 Å². The Labute approximate surface area is 105 Å². The minimum atomic E-state index is 0.123. The van der Waals surface area contributed by atoms with Crippen molar-refractivity contribution in [1.29, 1.82) is 0 Å². The third kappa shape index (κ3) is 2.73. The van der Waals surface area contributed by atoms with Crippen LogP contribution in [0.1, 0.15) is 52.9 Å². The summed E-state index contributed by atoms with van der Waals surface area (Å²) in [5.74, 6) is 1.93. The van der Waals surface area contributed by atoms with Gasteiger partial charge in [-0.3, -0.25) is 4.79 Å². The first-order valence-electron chi connectivity index (χ1n) is 7.12. The number of carbonyl (C=O) groups is 1.